The fraction of sp³-hybridized carbons (Fsp3) is 0.136. The van der Waals surface area contributed by atoms with Crippen LogP contribution in [0.2, 0.25) is 0 Å². The molecule has 5 nitrogen and oxygen atoms in total. The molecule has 27 heavy (non-hydrogen) atoms. The highest BCUT2D eigenvalue weighted by atomic mass is 16.5. The Balaban J connectivity index is 1.90. The number of rotatable bonds is 6. The van der Waals surface area contributed by atoms with E-state index in [4.69, 9.17) is 9.47 Å². The van der Waals surface area contributed by atoms with Gasteiger partial charge in [0.15, 0.2) is 0 Å². The van der Waals surface area contributed by atoms with E-state index in [0.29, 0.717) is 22.7 Å². The average molecular weight is 362 g/mol. The number of hydrogen-bond donors (Lipinski definition) is 1. The van der Waals surface area contributed by atoms with E-state index >= 15 is 0 Å². The molecule has 5 heteroatoms. The summed E-state index contributed by atoms with van der Waals surface area (Å²) in [5.41, 5.74) is 2.97. The van der Waals surface area contributed by atoms with E-state index in [1.807, 2.05) is 60.5 Å². The van der Waals surface area contributed by atoms with Gasteiger partial charge in [0.05, 0.1) is 31.2 Å². The maximum atomic E-state index is 13.0. The van der Waals surface area contributed by atoms with Gasteiger partial charge in [-0.05, 0) is 36.4 Å². The summed E-state index contributed by atoms with van der Waals surface area (Å²) in [6.45, 7) is 0. The highest BCUT2D eigenvalue weighted by molar-refractivity contribution is 6.09. The van der Waals surface area contributed by atoms with Crippen molar-refractivity contribution in [2.45, 2.75) is 0 Å². The lowest BCUT2D eigenvalue weighted by Crippen LogP contribution is -2.18. The molecule has 3 aromatic rings. The molecule has 0 spiro atoms. The SMILES string of the molecule is COc1ccc(NC(=O)c2ccccc2N(C)c2ccccc2)c(OC)c1. The van der Waals surface area contributed by atoms with Crippen LogP contribution >= 0.6 is 0 Å². The lowest BCUT2D eigenvalue weighted by Gasteiger charge is -2.22. The van der Waals surface area contributed by atoms with Gasteiger partial charge in [-0.2, -0.15) is 0 Å². The van der Waals surface area contributed by atoms with E-state index in [2.05, 4.69) is 5.32 Å². The van der Waals surface area contributed by atoms with Gasteiger partial charge in [0, 0.05) is 18.8 Å². The van der Waals surface area contributed by atoms with Gasteiger partial charge in [-0.15, -0.1) is 0 Å². The van der Waals surface area contributed by atoms with Gasteiger partial charge in [-0.25, -0.2) is 0 Å². The summed E-state index contributed by atoms with van der Waals surface area (Å²) >= 11 is 0. The Bertz CT molecular complexity index is 926. The molecule has 3 rings (SSSR count). The molecule has 0 aliphatic carbocycles. The van der Waals surface area contributed by atoms with Gasteiger partial charge in [-0.3, -0.25) is 4.79 Å². The Hall–Kier alpha value is -3.47. The second kappa shape index (κ2) is 8.27. The number of carbonyl (C=O) groups is 1. The highest BCUT2D eigenvalue weighted by Crippen LogP contribution is 2.31. The first kappa shape index (κ1) is 18.3. The second-order valence-electron chi connectivity index (χ2n) is 5.93. The topological polar surface area (TPSA) is 50.8 Å². The minimum atomic E-state index is -0.211. The maximum absolute atomic E-state index is 13.0. The molecule has 3 aromatic carbocycles. The zero-order chi connectivity index (χ0) is 19.2. The van der Waals surface area contributed by atoms with Crippen LogP contribution in [0.4, 0.5) is 17.1 Å². The van der Waals surface area contributed by atoms with Gasteiger partial charge in [0.25, 0.3) is 5.91 Å². The summed E-state index contributed by atoms with van der Waals surface area (Å²) in [5.74, 6) is 0.988. The number of amides is 1. The quantitative estimate of drug-likeness (QED) is 0.689. The third-order valence-corrected chi connectivity index (χ3v) is 4.31. The second-order valence-corrected chi connectivity index (χ2v) is 5.93. The predicted octanol–water partition coefficient (Wildman–Crippen LogP) is 4.72. The molecule has 0 aliphatic heterocycles. The first-order valence-electron chi connectivity index (χ1n) is 8.55. The molecule has 0 atom stereocenters. The van der Waals surface area contributed by atoms with Crippen molar-refractivity contribution in [1.82, 2.24) is 0 Å². The first-order chi connectivity index (χ1) is 13.1. The fourth-order valence-electron chi connectivity index (χ4n) is 2.84. The predicted molar refractivity (Wildman–Crippen MR) is 108 cm³/mol. The monoisotopic (exact) mass is 362 g/mol. The minimum Gasteiger partial charge on any atom is -0.497 e. The van der Waals surface area contributed by atoms with E-state index in [-0.39, 0.29) is 5.91 Å². The molecule has 138 valence electrons. The lowest BCUT2D eigenvalue weighted by atomic mass is 10.1. The van der Waals surface area contributed by atoms with Crippen molar-refractivity contribution in [3.8, 4) is 11.5 Å². The van der Waals surface area contributed by atoms with Gasteiger partial charge < -0.3 is 19.7 Å². The number of ether oxygens (including phenoxy) is 2. The summed E-state index contributed by atoms with van der Waals surface area (Å²) in [6.07, 6.45) is 0. The van der Waals surface area contributed by atoms with Crippen LogP contribution < -0.4 is 19.7 Å². The zero-order valence-corrected chi connectivity index (χ0v) is 15.6. The molecule has 0 saturated heterocycles. The summed E-state index contributed by atoms with van der Waals surface area (Å²) in [7, 11) is 5.08. The Labute approximate surface area is 159 Å². The average Bonchev–Trinajstić information content (AvgIpc) is 2.74. The van der Waals surface area contributed by atoms with Crippen LogP contribution in [0.25, 0.3) is 0 Å². The summed E-state index contributed by atoms with van der Waals surface area (Å²) in [6, 6.07) is 22.7. The van der Waals surface area contributed by atoms with Crippen molar-refractivity contribution in [3.05, 3.63) is 78.4 Å². The van der Waals surface area contributed by atoms with Gasteiger partial charge in [0.1, 0.15) is 11.5 Å². The van der Waals surface area contributed by atoms with Gasteiger partial charge in [-0.1, -0.05) is 30.3 Å². The van der Waals surface area contributed by atoms with Crippen LogP contribution in [0.1, 0.15) is 10.4 Å². The van der Waals surface area contributed by atoms with Crippen LogP contribution in [-0.4, -0.2) is 27.2 Å². The number of anilines is 3. The smallest absolute Gasteiger partial charge is 0.257 e. The zero-order valence-electron chi connectivity index (χ0n) is 15.6. The van der Waals surface area contributed by atoms with Crippen LogP contribution in [-0.2, 0) is 0 Å². The van der Waals surface area contributed by atoms with E-state index in [1.54, 1.807) is 38.5 Å². The van der Waals surface area contributed by atoms with Gasteiger partial charge >= 0.3 is 0 Å². The molecule has 0 aromatic heterocycles. The Morgan fingerprint density at radius 3 is 2.30 bits per heavy atom. The lowest BCUT2D eigenvalue weighted by molar-refractivity contribution is 0.102. The third kappa shape index (κ3) is 4.03. The first-order valence-corrected chi connectivity index (χ1v) is 8.55. The maximum Gasteiger partial charge on any atom is 0.257 e. The highest BCUT2D eigenvalue weighted by Gasteiger charge is 2.17. The van der Waals surface area contributed by atoms with Crippen LogP contribution in [0.5, 0.6) is 11.5 Å². The van der Waals surface area contributed by atoms with Gasteiger partial charge in [0.2, 0.25) is 0 Å². The number of methoxy groups -OCH3 is 2. The molecule has 1 N–H and O–H groups in total. The third-order valence-electron chi connectivity index (χ3n) is 4.31. The summed E-state index contributed by atoms with van der Waals surface area (Å²) in [4.78, 5) is 15.0. The van der Waals surface area contributed by atoms with E-state index in [9.17, 15) is 4.79 Å². The van der Waals surface area contributed by atoms with Crippen molar-refractivity contribution in [1.29, 1.82) is 0 Å². The fourth-order valence-corrected chi connectivity index (χ4v) is 2.84. The molecule has 0 heterocycles. The van der Waals surface area contributed by atoms with E-state index in [0.717, 1.165) is 11.4 Å². The Morgan fingerprint density at radius 1 is 0.889 bits per heavy atom. The van der Waals surface area contributed by atoms with Crippen molar-refractivity contribution in [2.24, 2.45) is 0 Å². The standard InChI is InChI=1S/C22H22N2O3/c1-24(16-9-5-4-6-10-16)20-12-8-7-11-18(20)22(25)23-19-14-13-17(26-2)15-21(19)27-3/h4-15H,1-3H3,(H,23,25). The van der Waals surface area contributed by atoms with Crippen molar-refractivity contribution >= 4 is 23.0 Å². The molecule has 0 fully saturated rings. The Morgan fingerprint density at radius 2 is 1.59 bits per heavy atom. The molecular formula is C22H22N2O3. The summed E-state index contributed by atoms with van der Waals surface area (Å²) in [5, 5.41) is 2.93. The largest absolute Gasteiger partial charge is 0.497 e. The number of hydrogen-bond acceptors (Lipinski definition) is 4. The molecule has 0 bridgehead atoms. The summed E-state index contributed by atoms with van der Waals surface area (Å²) < 4.78 is 10.6. The van der Waals surface area contributed by atoms with Crippen LogP contribution in [0.3, 0.4) is 0 Å². The van der Waals surface area contributed by atoms with Crippen LogP contribution in [0, 0.1) is 0 Å². The number of carbonyl (C=O) groups excluding carboxylic acids is 1. The van der Waals surface area contributed by atoms with Crippen molar-refractivity contribution < 1.29 is 14.3 Å². The molecule has 0 aliphatic rings. The van der Waals surface area contributed by atoms with E-state index in [1.165, 1.54) is 0 Å². The Kier molecular flexibility index (Phi) is 5.61. The van der Waals surface area contributed by atoms with Crippen molar-refractivity contribution in [3.63, 3.8) is 0 Å². The molecule has 1 amide bonds. The van der Waals surface area contributed by atoms with E-state index < -0.39 is 0 Å². The van der Waals surface area contributed by atoms with Crippen LogP contribution in [0.15, 0.2) is 72.8 Å². The normalized spacial score (nSPS) is 10.2. The number of nitrogens with zero attached hydrogens (tertiary/aromatic N) is 1. The minimum absolute atomic E-state index is 0.211. The van der Waals surface area contributed by atoms with Crippen molar-refractivity contribution in [2.75, 3.05) is 31.5 Å². The number of benzene rings is 3. The molecule has 0 radical (unpaired) electrons. The number of nitrogens with one attached hydrogen (secondary N) is 1. The molecule has 0 unspecified atom stereocenters. The number of para-hydroxylation sites is 2. The molecular weight excluding hydrogens is 340 g/mol. The molecule has 0 saturated carbocycles.